The van der Waals surface area contributed by atoms with E-state index in [-0.39, 0.29) is 5.69 Å². The zero-order valence-electron chi connectivity index (χ0n) is 12.0. The number of fused-ring (bicyclic) bond motifs is 1. The summed E-state index contributed by atoms with van der Waals surface area (Å²) in [5.74, 6) is -0.535. The molecule has 0 saturated heterocycles. The molecule has 2 N–H and O–H groups in total. The molecule has 0 bridgehead atoms. The van der Waals surface area contributed by atoms with Gasteiger partial charge in [-0.25, -0.2) is 14.3 Å². The molecular weight excluding hydrogens is 339 g/mol. The van der Waals surface area contributed by atoms with E-state index >= 15 is 0 Å². The molecule has 3 aromatic rings. The van der Waals surface area contributed by atoms with Crippen LogP contribution in [0.3, 0.4) is 0 Å². The maximum atomic E-state index is 11.3. The number of hydrogen-bond donors (Lipinski definition) is 2. The monoisotopic (exact) mass is 350 g/mol. The van der Waals surface area contributed by atoms with Gasteiger partial charge in [-0.3, -0.25) is 0 Å². The quantitative estimate of drug-likeness (QED) is 0.750. The number of anilines is 1. The Bertz CT molecular complexity index is 908. The maximum Gasteiger partial charge on any atom is 0.356 e. The predicted molar refractivity (Wildman–Crippen MR) is 88.5 cm³/mol. The number of imidazole rings is 1. The van der Waals surface area contributed by atoms with Crippen LogP contribution in [0, 0.1) is 6.92 Å². The lowest BCUT2D eigenvalue weighted by atomic mass is 10.2. The molecule has 6 nitrogen and oxygen atoms in total. The fourth-order valence-corrected chi connectivity index (χ4v) is 2.55. The first kappa shape index (κ1) is 15.6. The van der Waals surface area contributed by atoms with Gasteiger partial charge >= 0.3 is 5.97 Å². The summed E-state index contributed by atoms with van der Waals surface area (Å²) in [4.78, 5) is 15.5. The SMILES string of the molecule is Cc1nc2ccc(NCc3ccc(Cl)c(Cl)c3)nn2c1C(=O)O. The van der Waals surface area contributed by atoms with Crippen LogP contribution in [0.15, 0.2) is 30.3 Å². The molecule has 8 heteroatoms. The molecule has 0 atom stereocenters. The number of carboxylic acid groups (broad SMARTS) is 1. The molecule has 0 saturated carbocycles. The third-order valence-corrected chi connectivity index (χ3v) is 4.05. The Labute approximate surface area is 141 Å². The van der Waals surface area contributed by atoms with Gasteiger partial charge in [0.05, 0.1) is 15.7 Å². The minimum absolute atomic E-state index is 0.0539. The Morgan fingerprint density at radius 1 is 1.26 bits per heavy atom. The minimum atomic E-state index is -1.07. The van der Waals surface area contributed by atoms with Crippen LogP contribution < -0.4 is 5.32 Å². The number of nitrogens with one attached hydrogen (secondary N) is 1. The van der Waals surface area contributed by atoms with Gasteiger partial charge in [-0.15, -0.1) is 5.10 Å². The van der Waals surface area contributed by atoms with Gasteiger partial charge < -0.3 is 10.4 Å². The zero-order valence-corrected chi connectivity index (χ0v) is 13.6. The van der Waals surface area contributed by atoms with Crippen molar-refractivity contribution in [3.8, 4) is 0 Å². The Morgan fingerprint density at radius 3 is 2.74 bits per heavy atom. The fraction of sp³-hybridized carbons (Fsp3) is 0.133. The maximum absolute atomic E-state index is 11.3. The van der Waals surface area contributed by atoms with E-state index in [1.54, 1.807) is 31.2 Å². The van der Waals surface area contributed by atoms with Gasteiger partial charge in [0.1, 0.15) is 5.82 Å². The van der Waals surface area contributed by atoms with E-state index in [0.717, 1.165) is 5.56 Å². The molecular formula is C15H12Cl2N4O2. The fourth-order valence-electron chi connectivity index (χ4n) is 2.23. The number of aryl methyl sites for hydroxylation is 1. The number of carbonyl (C=O) groups is 1. The first-order valence-corrected chi connectivity index (χ1v) is 7.49. The summed E-state index contributed by atoms with van der Waals surface area (Å²) < 4.78 is 1.31. The number of aromatic nitrogens is 3. The highest BCUT2D eigenvalue weighted by Gasteiger charge is 2.16. The molecule has 0 radical (unpaired) electrons. The van der Waals surface area contributed by atoms with Crippen LogP contribution in [0.5, 0.6) is 0 Å². The summed E-state index contributed by atoms with van der Waals surface area (Å²) >= 11 is 11.9. The molecule has 2 aromatic heterocycles. The van der Waals surface area contributed by atoms with E-state index < -0.39 is 5.97 Å². The molecule has 0 unspecified atom stereocenters. The van der Waals surface area contributed by atoms with Crippen LogP contribution in [-0.4, -0.2) is 25.7 Å². The molecule has 2 heterocycles. The van der Waals surface area contributed by atoms with E-state index in [9.17, 15) is 9.90 Å². The van der Waals surface area contributed by atoms with Crippen molar-refractivity contribution in [3.63, 3.8) is 0 Å². The van der Waals surface area contributed by atoms with E-state index in [4.69, 9.17) is 23.2 Å². The molecule has 0 aliphatic heterocycles. The lowest BCUT2D eigenvalue weighted by Crippen LogP contribution is -2.09. The van der Waals surface area contributed by atoms with E-state index in [1.165, 1.54) is 4.52 Å². The number of aromatic carboxylic acids is 1. The van der Waals surface area contributed by atoms with Gasteiger partial charge in [-0.05, 0) is 36.8 Å². The van der Waals surface area contributed by atoms with Crippen molar-refractivity contribution in [3.05, 3.63) is 57.3 Å². The van der Waals surface area contributed by atoms with Gasteiger partial charge in [0.15, 0.2) is 11.3 Å². The Balaban J connectivity index is 1.87. The molecule has 1 aromatic carbocycles. The Morgan fingerprint density at radius 2 is 2.04 bits per heavy atom. The summed E-state index contributed by atoms with van der Waals surface area (Å²) in [5, 5.41) is 17.6. The third-order valence-electron chi connectivity index (χ3n) is 3.31. The highest BCUT2D eigenvalue weighted by atomic mass is 35.5. The Kier molecular flexibility index (Phi) is 4.11. The second-order valence-electron chi connectivity index (χ2n) is 4.94. The number of nitrogens with zero attached hydrogens (tertiary/aromatic N) is 3. The van der Waals surface area contributed by atoms with Crippen LogP contribution in [0.4, 0.5) is 5.82 Å². The van der Waals surface area contributed by atoms with Crippen molar-refractivity contribution in [2.75, 3.05) is 5.32 Å². The van der Waals surface area contributed by atoms with Gasteiger partial charge in [0.25, 0.3) is 0 Å². The standard InChI is InChI=1S/C15H12Cl2N4O2/c1-8-14(15(22)23)21-13(19-8)5-4-12(20-21)18-7-9-2-3-10(16)11(17)6-9/h2-6H,7H2,1H3,(H,18,20)(H,22,23). The first-order valence-electron chi connectivity index (χ1n) is 6.73. The first-order chi connectivity index (χ1) is 11.0. The summed E-state index contributed by atoms with van der Waals surface area (Å²) in [7, 11) is 0. The molecule has 23 heavy (non-hydrogen) atoms. The van der Waals surface area contributed by atoms with Crippen LogP contribution >= 0.6 is 23.2 Å². The molecule has 0 aliphatic rings. The van der Waals surface area contributed by atoms with E-state index in [2.05, 4.69) is 15.4 Å². The molecule has 0 fully saturated rings. The van der Waals surface area contributed by atoms with E-state index in [1.807, 2.05) is 6.07 Å². The van der Waals surface area contributed by atoms with Crippen LogP contribution in [0.25, 0.3) is 5.65 Å². The molecule has 118 valence electrons. The topological polar surface area (TPSA) is 79.5 Å². The van der Waals surface area contributed by atoms with Crippen molar-refractivity contribution >= 4 is 40.6 Å². The normalized spacial score (nSPS) is 10.9. The third kappa shape index (κ3) is 3.09. The lowest BCUT2D eigenvalue weighted by Gasteiger charge is -2.07. The van der Waals surface area contributed by atoms with E-state index in [0.29, 0.717) is 33.7 Å². The number of rotatable bonds is 4. The summed E-state index contributed by atoms with van der Waals surface area (Å²) in [5.41, 5.74) is 1.89. The van der Waals surface area contributed by atoms with Gasteiger partial charge in [-0.2, -0.15) is 0 Å². The summed E-state index contributed by atoms with van der Waals surface area (Å²) in [6.07, 6.45) is 0. The lowest BCUT2D eigenvalue weighted by molar-refractivity contribution is 0.0687. The zero-order chi connectivity index (χ0) is 16.6. The summed E-state index contributed by atoms with van der Waals surface area (Å²) in [6, 6.07) is 8.79. The van der Waals surface area contributed by atoms with Gasteiger partial charge in [0, 0.05) is 6.54 Å². The van der Waals surface area contributed by atoms with Crippen molar-refractivity contribution in [2.24, 2.45) is 0 Å². The number of hydrogen-bond acceptors (Lipinski definition) is 4. The van der Waals surface area contributed by atoms with Crippen molar-refractivity contribution < 1.29 is 9.90 Å². The minimum Gasteiger partial charge on any atom is -0.476 e. The number of benzene rings is 1. The second kappa shape index (κ2) is 6.06. The van der Waals surface area contributed by atoms with Crippen LogP contribution in [0.1, 0.15) is 21.7 Å². The smallest absolute Gasteiger partial charge is 0.356 e. The van der Waals surface area contributed by atoms with Crippen molar-refractivity contribution in [2.45, 2.75) is 13.5 Å². The predicted octanol–water partition coefficient (Wildman–Crippen LogP) is 3.65. The molecule has 0 amide bonds. The van der Waals surface area contributed by atoms with Gasteiger partial charge in [-0.1, -0.05) is 29.3 Å². The van der Waals surface area contributed by atoms with Crippen LogP contribution in [0.2, 0.25) is 10.0 Å². The summed E-state index contributed by atoms with van der Waals surface area (Å²) in [6.45, 7) is 2.12. The number of halogens is 2. The average Bonchev–Trinajstić information content (AvgIpc) is 2.83. The van der Waals surface area contributed by atoms with Crippen molar-refractivity contribution in [1.29, 1.82) is 0 Å². The molecule has 0 spiro atoms. The second-order valence-corrected chi connectivity index (χ2v) is 5.76. The number of carboxylic acids is 1. The highest BCUT2D eigenvalue weighted by Crippen LogP contribution is 2.23. The average molecular weight is 351 g/mol. The van der Waals surface area contributed by atoms with Gasteiger partial charge in [0.2, 0.25) is 0 Å². The largest absolute Gasteiger partial charge is 0.476 e. The highest BCUT2D eigenvalue weighted by molar-refractivity contribution is 6.42. The van der Waals surface area contributed by atoms with Crippen molar-refractivity contribution in [1.82, 2.24) is 14.6 Å². The molecule has 3 rings (SSSR count). The molecule has 0 aliphatic carbocycles. The Hall–Kier alpha value is -2.31. The van der Waals surface area contributed by atoms with Crippen LogP contribution in [-0.2, 0) is 6.54 Å².